The standard InChI is InChI=1S/C14H31NO/c1-5-9-14(16,10-6-2)12-15-11-13(7-3)8-4/h13,15-16H,5-12H2,1-4H3. The second-order valence-electron chi connectivity index (χ2n) is 5.04. The Balaban J connectivity index is 3.91. The van der Waals surface area contributed by atoms with Gasteiger partial charge in [0, 0.05) is 6.54 Å². The highest BCUT2D eigenvalue weighted by atomic mass is 16.3. The quantitative estimate of drug-likeness (QED) is 0.602. The van der Waals surface area contributed by atoms with E-state index in [0.29, 0.717) is 0 Å². The van der Waals surface area contributed by atoms with Crippen LogP contribution in [0.15, 0.2) is 0 Å². The third-order valence-corrected chi connectivity index (χ3v) is 3.47. The second kappa shape index (κ2) is 9.00. The van der Waals surface area contributed by atoms with Gasteiger partial charge in [-0.15, -0.1) is 0 Å². The maximum Gasteiger partial charge on any atom is 0.0771 e. The lowest BCUT2D eigenvalue weighted by atomic mass is 9.92. The molecule has 0 aliphatic heterocycles. The largest absolute Gasteiger partial charge is 0.389 e. The number of nitrogens with one attached hydrogen (secondary N) is 1. The highest BCUT2D eigenvalue weighted by Crippen LogP contribution is 2.18. The second-order valence-corrected chi connectivity index (χ2v) is 5.04. The molecule has 0 amide bonds. The first kappa shape index (κ1) is 15.9. The summed E-state index contributed by atoms with van der Waals surface area (Å²) in [5.41, 5.74) is -0.477. The Morgan fingerprint density at radius 3 is 1.88 bits per heavy atom. The van der Waals surface area contributed by atoms with Crippen molar-refractivity contribution in [3.63, 3.8) is 0 Å². The van der Waals surface area contributed by atoms with E-state index in [2.05, 4.69) is 33.0 Å². The predicted octanol–water partition coefficient (Wildman–Crippen LogP) is 3.34. The van der Waals surface area contributed by atoms with Gasteiger partial charge in [0.1, 0.15) is 0 Å². The first-order valence-electron chi connectivity index (χ1n) is 7.04. The van der Waals surface area contributed by atoms with E-state index in [-0.39, 0.29) is 0 Å². The van der Waals surface area contributed by atoms with E-state index in [9.17, 15) is 5.11 Å². The van der Waals surface area contributed by atoms with Crippen LogP contribution in [0.25, 0.3) is 0 Å². The van der Waals surface area contributed by atoms with Crippen molar-refractivity contribution in [1.82, 2.24) is 5.32 Å². The fraction of sp³-hybridized carbons (Fsp3) is 1.00. The molecular formula is C14H31NO. The average Bonchev–Trinajstić information content (AvgIpc) is 2.25. The lowest BCUT2D eigenvalue weighted by molar-refractivity contribution is 0.0210. The third kappa shape index (κ3) is 6.49. The summed E-state index contributed by atoms with van der Waals surface area (Å²) in [4.78, 5) is 0. The molecule has 0 aromatic carbocycles. The van der Waals surface area contributed by atoms with Crippen molar-refractivity contribution < 1.29 is 5.11 Å². The van der Waals surface area contributed by atoms with E-state index >= 15 is 0 Å². The first-order valence-corrected chi connectivity index (χ1v) is 7.04. The van der Waals surface area contributed by atoms with Crippen molar-refractivity contribution in [3.05, 3.63) is 0 Å². The lowest BCUT2D eigenvalue weighted by Gasteiger charge is -2.28. The molecule has 0 aromatic rings. The number of rotatable bonds is 10. The summed E-state index contributed by atoms with van der Waals surface area (Å²) in [5.74, 6) is 0.757. The molecule has 0 unspecified atom stereocenters. The lowest BCUT2D eigenvalue weighted by Crippen LogP contribution is -2.41. The Kier molecular flexibility index (Phi) is 8.96. The van der Waals surface area contributed by atoms with Gasteiger partial charge in [0.05, 0.1) is 5.60 Å². The first-order chi connectivity index (χ1) is 7.61. The Bertz CT molecular complexity index is 149. The van der Waals surface area contributed by atoms with Crippen LogP contribution in [0.2, 0.25) is 0 Å². The van der Waals surface area contributed by atoms with Gasteiger partial charge in [-0.05, 0) is 25.3 Å². The molecule has 16 heavy (non-hydrogen) atoms. The molecule has 0 saturated carbocycles. The van der Waals surface area contributed by atoms with Crippen LogP contribution >= 0.6 is 0 Å². The van der Waals surface area contributed by atoms with Gasteiger partial charge in [-0.25, -0.2) is 0 Å². The minimum absolute atomic E-state index is 0.477. The summed E-state index contributed by atoms with van der Waals surface area (Å²) in [6.45, 7) is 10.6. The fourth-order valence-corrected chi connectivity index (χ4v) is 2.32. The molecule has 0 saturated heterocycles. The Morgan fingerprint density at radius 2 is 1.50 bits per heavy atom. The molecule has 0 heterocycles. The summed E-state index contributed by atoms with van der Waals surface area (Å²) in [7, 11) is 0. The van der Waals surface area contributed by atoms with Gasteiger partial charge in [-0.3, -0.25) is 0 Å². The number of aliphatic hydroxyl groups is 1. The molecular weight excluding hydrogens is 198 g/mol. The fourth-order valence-electron chi connectivity index (χ4n) is 2.32. The SMILES string of the molecule is CCCC(O)(CCC)CNCC(CC)CC. The average molecular weight is 229 g/mol. The van der Waals surface area contributed by atoms with Gasteiger partial charge in [-0.1, -0.05) is 53.4 Å². The van der Waals surface area contributed by atoms with Crippen LogP contribution < -0.4 is 5.32 Å². The zero-order chi connectivity index (χ0) is 12.4. The minimum atomic E-state index is -0.477. The zero-order valence-electron chi connectivity index (χ0n) is 11.7. The smallest absolute Gasteiger partial charge is 0.0771 e. The van der Waals surface area contributed by atoms with Crippen LogP contribution in [0.1, 0.15) is 66.2 Å². The molecule has 2 N–H and O–H groups in total. The summed E-state index contributed by atoms with van der Waals surface area (Å²) < 4.78 is 0. The van der Waals surface area contributed by atoms with Crippen molar-refractivity contribution in [2.45, 2.75) is 71.8 Å². The normalized spacial score (nSPS) is 12.4. The summed E-state index contributed by atoms with van der Waals surface area (Å²) in [6.07, 6.45) is 6.40. The van der Waals surface area contributed by atoms with Crippen LogP contribution in [0.4, 0.5) is 0 Å². The van der Waals surface area contributed by atoms with E-state index in [0.717, 1.165) is 44.7 Å². The molecule has 98 valence electrons. The molecule has 0 atom stereocenters. The number of hydrogen-bond donors (Lipinski definition) is 2. The molecule has 0 aliphatic rings. The van der Waals surface area contributed by atoms with Crippen molar-refractivity contribution in [2.75, 3.05) is 13.1 Å². The molecule has 0 bridgehead atoms. The molecule has 0 fully saturated rings. The molecule has 2 nitrogen and oxygen atoms in total. The van der Waals surface area contributed by atoms with E-state index in [1.807, 2.05) is 0 Å². The Labute approximate surface area is 102 Å². The molecule has 0 rings (SSSR count). The van der Waals surface area contributed by atoms with E-state index in [4.69, 9.17) is 0 Å². The van der Waals surface area contributed by atoms with Crippen LogP contribution in [0.5, 0.6) is 0 Å². The van der Waals surface area contributed by atoms with E-state index in [1.54, 1.807) is 0 Å². The van der Waals surface area contributed by atoms with Gasteiger partial charge in [0.15, 0.2) is 0 Å². The van der Waals surface area contributed by atoms with Gasteiger partial charge >= 0.3 is 0 Å². The molecule has 0 aromatic heterocycles. The predicted molar refractivity (Wildman–Crippen MR) is 71.7 cm³/mol. The molecule has 2 heteroatoms. The van der Waals surface area contributed by atoms with Crippen LogP contribution in [-0.4, -0.2) is 23.8 Å². The topological polar surface area (TPSA) is 32.3 Å². The monoisotopic (exact) mass is 229 g/mol. The summed E-state index contributed by atoms with van der Waals surface area (Å²) in [5, 5.41) is 13.9. The van der Waals surface area contributed by atoms with E-state index < -0.39 is 5.60 Å². The van der Waals surface area contributed by atoms with Crippen LogP contribution in [-0.2, 0) is 0 Å². The number of hydrogen-bond acceptors (Lipinski definition) is 2. The molecule has 0 spiro atoms. The summed E-state index contributed by atoms with van der Waals surface area (Å²) >= 11 is 0. The highest BCUT2D eigenvalue weighted by molar-refractivity contribution is 4.80. The van der Waals surface area contributed by atoms with Gasteiger partial charge in [0.2, 0.25) is 0 Å². The maximum atomic E-state index is 10.4. The maximum absolute atomic E-state index is 10.4. The molecule has 0 radical (unpaired) electrons. The third-order valence-electron chi connectivity index (χ3n) is 3.47. The van der Waals surface area contributed by atoms with Gasteiger partial charge in [0.25, 0.3) is 0 Å². The van der Waals surface area contributed by atoms with Gasteiger partial charge in [-0.2, -0.15) is 0 Å². The van der Waals surface area contributed by atoms with E-state index in [1.165, 1.54) is 12.8 Å². The molecule has 0 aliphatic carbocycles. The zero-order valence-corrected chi connectivity index (χ0v) is 11.7. The van der Waals surface area contributed by atoms with Crippen molar-refractivity contribution in [2.24, 2.45) is 5.92 Å². The van der Waals surface area contributed by atoms with Crippen LogP contribution in [0, 0.1) is 5.92 Å². The van der Waals surface area contributed by atoms with Crippen molar-refractivity contribution in [3.8, 4) is 0 Å². The highest BCUT2D eigenvalue weighted by Gasteiger charge is 2.24. The van der Waals surface area contributed by atoms with Crippen molar-refractivity contribution in [1.29, 1.82) is 0 Å². The minimum Gasteiger partial charge on any atom is -0.389 e. The van der Waals surface area contributed by atoms with Crippen LogP contribution in [0.3, 0.4) is 0 Å². The Morgan fingerprint density at radius 1 is 1.00 bits per heavy atom. The van der Waals surface area contributed by atoms with Gasteiger partial charge < -0.3 is 10.4 Å². The Hall–Kier alpha value is -0.0800. The van der Waals surface area contributed by atoms with Crippen molar-refractivity contribution >= 4 is 0 Å². The summed E-state index contributed by atoms with van der Waals surface area (Å²) in [6, 6.07) is 0.